The Labute approximate surface area is 115 Å². The van der Waals surface area contributed by atoms with Crippen LogP contribution in [0.15, 0.2) is 6.20 Å². The highest BCUT2D eigenvalue weighted by atomic mass is 16.5. The number of aryl methyl sites for hydroxylation is 2. The molecule has 19 heavy (non-hydrogen) atoms. The van der Waals surface area contributed by atoms with Crippen LogP contribution < -0.4 is 10.6 Å². The number of hydrogen-bond acceptors (Lipinski definition) is 4. The molecule has 1 fully saturated rings. The zero-order chi connectivity index (χ0) is 13.7. The molecule has 5 heteroatoms. The van der Waals surface area contributed by atoms with Crippen molar-refractivity contribution in [3.05, 3.63) is 11.9 Å². The van der Waals surface area contributed by atoms with Gasteiger partial charge in [0.15, 0.2) is 0 Å². The van der Waals surface area contributed by atoms with Gasteiger partial charge in [0.2, 0.25) is 5.95 Å². The molecule has 1 aliphatic rings. The molecular weight excluding hydrogens is 240 g/mol. The van der Waals surface area contributed by atoms with Crippen LogP contribution in [0.1, 0.15) is 31.9 Å². The number of aromatic nitrogens is 2. The van der Waals surface area contributed by atoms with E-state index in [1.807, 2.05) is 0 Å². The Hall–Kier alpha value is -1.07. The van der Waals surface area contributed by atoms with Crippen LogP contribution in [-0.2, 0) is 17.7 Å². The number of hydrogen-bond donors (Lipinski definition) is 1. The average Bonchev–Trinajstić information content (AvgIpc) is 3.04. The Morgan fingerprint density at radius 3 is 3.05 bits per heavy atom. The van der Waals surface area contributed by atoms with Crippen molar-refractivity contribution >= 4 is 5.95 Å². The summed E-state index contributed by atoms with van der Waals surface area (Å²) in [4.78, 5) is 7.16. The van der Waals surface area contributed by atoms with Crippen molar-refractivity contribution in [1.29, 1.82) is 0 Å². The third-order valence-corrected chi connectivity index (χ3v) is 3.82. The van der Waals surface area contributed by atoms with Gasteiger partial charge in [-0.1, -0.05) is 6.92 Å². The van der Waals surface area contributed by atoms with Crippen LogP contribution >= 0.6 is 0 Å². The van der Waals surface area contributed by atoms with Gasteiger partial charge in [0, 0.05) is 45.6 Å². The second-order valence-electron chi connectivity index (χ2n) is 5.15. The number of methoxy groups -OCH3 is 1. The maximum Gasteiger partial charge on any atom is 0.206 e. The van der Waals surface area contributed by atoms with Gasteiger partial charge in [-0.15, -0.1) is 0 Å². The van der Waals surface area contributed by atoms with Gasteiger partial charge < -0.3 is 19.9 Å². The predicted molar refractivity (Wildman–Crippen MR) is 77.5 cm³/mol. The van der Waals surface area contributed by atoms with Crippen molar-refractivity contribution in [3.63, 3.8) is 0 Å². The van der Waals surface area contributed by atoms with Crippen LogP contribution in [0.3, 0.4) is 0 Å². The lowest BCUT2D eigenvalue weighted by Crippen LogP contribution is -2.37. The van der Waals surface area contributed by atoms with Crippen LogP contribution in [0.4, 0.5) is 5.95 Å². The first-order valence-corrected chi connectivity index (χ1v) is 7.31. The zero-order valence-corrected chi connectivity index (χ0v) is 12.1. The predicted octanol–water partition coefficient (Wildman–Crippen LogP) is 1.41. The third-order valence-electron chi connectivity index (χ3n) is 3.82. The lowest BCUT2D eigenvalue weighted by molar-refractivity contribution is 0.190. The van der Waals surface area contributed by atoms with E-state index < -0.39 is 0 Å². The summed E-state index contributed by atoms with van der Waals surface area (Å²) in [5.74, 6) is 1.10. The molecule has 108 valence electrons. The van der Waals surface area contributed by atoms with Gasteiger partial charge in [0.05, 0.1) is 5.69 Å². The lowest BCUT2D eigenvalue weighted by Gasteiger charge is -2.25. The van der Waals surface area contributed by atoms with E-state index in [9.17, 15) is 0 Å². The molecule has 2 N–H and O–H groups in total. The molecule has 0 saturated carbocycles. The second-order valence-corrected chi connectivity index (χ2v) is 5.15. The molecule has 0 aromatic carbocycles. The molecule has 1 unspecified atom stereocenters. The molecule has 1 saturated heterocycles. The Morgan fingerprint density at radius 2 is 2.37 bits per heavy atom. The number of anilines is 1. The van der Waals surface area contributed by atoms with Gasteiger partial charge in [-0.2, -0.15) is 0 Å². The summed E-state index contributed by atoms with van der Waals surface area (Å²) in [5, 5.41) is 0. The standard InChI is InChI=1S/C14H26N4O/c1-3-12-11-17(7-5-9-19-2)14(16-12)18-8-4-6-13(18)10-15/h11,13H,3-10,15H2,1-2H3. The van der Waals surface area contributed by atoms with E-state index in [-0.39, 0.29) is 0 Å². The second kappa shape index (κ2) is 6.91. The van der Waals surface area contributed by atoms with E-state index in [4.69, 9.17) is 15.5 Å². The Morgan fingerprint density at radius 1 is 1.53 bits per heavy atom. The summed E-state index contributed by atoms with van der Waals surface area (Å²) in [5.41, 5.74) is 7.04. The molecule has 2 heterocycles. The van der Waals surface area contributed by atoms with E-state index in [0.717, 1.165) is 44.2 Å². The first kappa shape index (κ1) is 14.3. The fourth-order valence-electron chi connectivity index (χ4n) is 2.75. The highest BCUT2D eigenvalue weighted by Crippen LogP contribution is 2.25. The molecule has 0 spiro atoms. The molecule has 5 nitrogen and oxygen atoms in total. The summed E-state index contributed by atoms with van der Waals surface area (Å²) >= 11 is 0. The smallest absolute Gasteiger partial charge is 0.206 e. The Kier molecular flexibility index (Phi) is 5.22. The fourth-order valence-corrected chi connectivity index (χ4v) is 2.75. The molecule has 0 aliphatic carbocycles. The largest absolute Gasteiger partial charge is 0.385 e. The maximum absolute atomic E-state index is 5.87. The summed E-state index contributed by atoms with van der Waals surface area (Å²) in [6.45, 7) is 5.69. The van der Waals surface area contributed by atoms with Gasteiger partial charge in [-0.05, 0) is 25.7 Å². The van der Waals surface area contributed by atoms with Gasteiger partial charge in [-0.25, -0.2) is 4.98 Å². The summed E-state index contributed by atoms with van der Waals surface area (Å²) in [7, 11) is 1.75. The number of rotatable bonds is 7. The Balaban J connectivity index is 2.14. The first-order valence-electron chi connectivity index (χ1n) is 7.31. The first-order chi connectivity index (χ1) is 9.30. The highest BCUT2D eigenvalue weighted by molar-refractivity contribution is 5.37. The normalized spacial score (nSPS) is 19.3. The maximum atomic E-state index is 5.87. The summed E-state index contributed by atoms with van der Waals surface area (Å²) in [6.07, 6.45) is 6.57. The van der Waals surface area contributed by atoms with E-state index in [0.29, 0.717) is 12.6 Å². The van der Waals surface area contributed by atoms with Crippen LogP contribution in [-0.4, -0.2) is 42.4 Å². The van der Waals surface area contributed by atoms with Gasteiger partial charge in [0.1, 0.15) is 0 Å². The lowest BCUT2D eigenvalue weighted by atomic mass is 10.2. The molecular formula is C14H26N4O. The minimum atomic E-state index is 0.452. The molecule has 1 aromatic rings. The number of nitrogens with zero attached hydrogens (tertiary/aromatic N) is 3. The molecule has 0 bridgehead atoms. The number of nitrogens with two attached hydrogens (primary N) is 1. The number of ether oxygens (including phenoxy) is 1. The quantitative estimate of drug-likeness (QED) is 0.758. The van der Waals surface area contributed by atoms with Crippen molar-refractivity contribution in [1.82, 2.24) is 9.55 Å². The van der Waals surface area contributed by atoms with Gasteiger partial charge >= 0.3 is 0 Å². The summed E-state index contributed by atoms with van der Waals surface area (Å²) < 4.78 is 7.41. The van der Waals surface area contributed by atoms with Crippen LogP contribution in [0, 0.1) is 0 Å². The van der Waals surface area contributed by atoms with Crippen molar-refractivity contribution in [3.8, 4) is 0 Å². The molecule has 1 aromatic heterocycles. The molecule has 1 aliphatic heterocycles. The van der Waals surface area contributed by atoms with Crippen molar-refractivity contribution in [2.75, 3.05) is 31.7 Å². The number of imidazole rings is 1. The fraction of sp³-hybridized carbons (Fsp3) is 0.786. The topological polar surface area (TPSA) is 56.3 Å². The highest BCUT2D eigenvalue weighted by Gasteiger charge is 2.27. The van der Waals surface area contributed by atoms with Gasteiger partial charge in [0.25, 0.3) is 0 Å². The minimum absolute atomic E-state index is 0.452. The average molecular weight is 266 g/mol. The minimum Gasteiger partial charge on any atom is -0.385 e. The molecule has 2 rings (SSSR count). The zero-order valence-electron chi connectivity index (χ0n) is 12.1. The van der Waals surface area contributed by atoms with Crippen LogP contribution in [0.5, 0.6) is 0 Å². The third kappa shape index (κ3) is 3.28. The van der Waals surface area contributed by atoms with E-state index >= 15 is 0 Å². The molecule has 1 atom stereocenters. The van der Waals surface area contributed by atoms with E-state index in [1.165, 1.54) is 12.8 Å². The van der Waals surface area contributed by atoms with E-state index in [1.54, 1.807) is 7.11 Å². The molecule has 0 radical (unpaired) electrons. The Bertz CT molecular complexity index is 391. The SMILES string of the molecule is CCc1cn(CCCOC)c(N2CCCC2CN)n1. The van der Waals surface area contributed by atoms with Crippen molar-refractivity contribution < 1.29 is 4.74 Å². The van der Waals surface area contributed by atoms with Crippen LogP contribution in [0.2, 0.25) is 0 Å². The van der Waals surface area contributed by atoms with Crippen molar-refractivity contribution in [2.45, 2.75) is 45.2 Å². The molecule has 0 amide bonds. The summed E-state index contributed by atoms with van der Waals surface area (Å²) in [6, 6.07) is 0.452. The monoisotopic (exact) mass is 266 g/mol. The van der Waals surface area contributed by atoms with Gasteiger partial charge in [-0.3, -0.25) is 0 Å². The van der Waals surface area contributed by atoms with Crippen molar-refractivity contribution in [2.24, 2.45) is 5.73 Å². The van der Waals surface area contributed by atoms with Crippen LogP contribution in [0.25, 0.3) is 0 Å². The van der Waals surface area contributed by atoms with E-state index in [2.05, 4.69) is 22.6 Å².